The minimum atomic E-state index is -0.142. The van der Waals surface area contributed by atoms with Gasteiger partial charge in [-0.05, 0) is 24.7 Å². The van der Waals surface area contributed by atoms with Gasteiger partial charge in [-0.25, -0.2) is 0 Å². The Labute approximate surface area is 112 Å². The first-order chi connectivity index (χ1) is 8.58. The van der Waals surface area contributed by atoms with Crippen LogP contribution >= 0.6 is 11.6 Å². The Morgan fingerprint density at radius 2 is 2.28 bits per heavy atom. The Bertz CT molecular complexity index is 468. The van der Waals surface area contributed by atoms with Gasteiger partial charge in [0.05, 0.1) is 22.3 Å². The maximum Gasteiger partial charge on any atom is 0.228 e. The number of benzene rings is 1. The first-order valence-electron chi connectivity index (χ1n) is 5.79. The summed E-state index contributed by atoms with van der Waals surface area (Å²) in [6, 6.07) is 6.78. The van der Waals surface area contributed by atoms with Crippen LogP contribution in [0.15, 0.2) is 18.2 Å². The molecule has 96 valence electrons. The zero-order valence-electron chi connectivity index (χ0n) is 10.5. The Balaban J connectivity index is 2.67. The van der Waals surface area contributed by atoms with Crippen molar-refractivity contribution >= 4 is 23.2 Å². The van der Waals surface area contributed by atoms with E-state index in [-0.39, 0.29) is 11.8 Å². The van der Waals surface area contributed by atoms with Gasteiger partial charge < -0.3 is 10.6 Å². The molecule has 0 aromatic heterocycles. The molecule has 1 unspecified atom stereocenters. The number of nitrogens with zero attached hydrogens (tertiary/aromatic N) is 1. The fourth-order valence-corrected chi connectivity index (χ4v) is 1.62. The number of hydrogen-bond donors (Lipinski definition) is 2. The predicted molar refractivity (Wildman–Crippen MR) is 72.5 cm³/mol. The summed E-state index contributed by atoms with van der Waals surface area (Å²) in [5.74, 6) is -0.237. The summed E-state index contributed by atoms with van der Waals surface area (Å²) in [7, 11) is 0. The number of carbonyl (C=O) groups is 1. The van der Waals surface area contributed by atoms with E-state index in [0.717, 1.165) is 6.54 Å². The van der Waals surface area contributed by atoms with Crippen LogP contribution in [0.3, 0.4) is 0 Å². The lowest BCUT2D eigenvalue weighted by atomic mass is 10.1. The van der Waals surface area contributed by atoms with Crippen LogP contribution in [0.1, 0.15) is 19.4 Å². The van der Waals surface area contributed by atoms with Crippen molar-refractivity contribution in [2.45, 2.75) is 13.8 Å². The molecule has 1 aromatic rings. The van der Waals surface area contributed by atoms with E-state index in [1.165, 1.54) is 6.07 Å². The summed E-state index contributed by atoms with van der Waals surface area (Å²) in [5.41, 5.74) is 1.00. The van der Waals surface area contributed by atoms with Crippen LogP contribution in [-0.2, 0) is 4.79 Å². The number of hydrogen-bond acceptors (Lipinski definition) is 3. The van der Waals surface area contributed by atoms with Crippen molar-refractivity contribution in [3.8, 4) is 6.07 Å². The van der Waals surface area contributed by atoms with Crippen LogP contribution in [0.2, 0.25) is 5.02 Å². The lowest BCUT2D eigenvalue weighted by molar-refractivity contribution is -0.119. The highest BCUT2D eigenvalue weighted by Gasteiger charge is 2.13. The largest absolute Gasteiger partial charge is 0.324 e. The van der Waals surface area contributed by atoms with E-state index < -0.39 is 0 Å². The third-order valence-corrected chi connectivity index (χ3v) is 2.82. The van der Waals surface area contributed by atoms with Crippen molar-refractivity contribution in [3.05, 3.63) is 28.8 Å². The van der Waals surface area contributed by atoms with Gasteiger partial charge in [-0.15, -0.1) is 0 Å². The van der Waals surface area contributed by atoms with Gasteiger partial charge in [-0.1, -0.05) is 25.4 Å². The highest BCUT2D eigenvalue weighted by Crippen LogP contribution is 2.23. The molecule has 0 aliphatic rings. The van der Waals surface area contributed by atoms with Gasteiger partial charge in [-0.3, -0.25) is 4.79 Å². The Morgan fingerprint density at radius 1 is 1.56 bits per heavy atom. The number of halogens is 1. The molecule has 0 saturated carbocycles. The second kappa shape index (κ2) is 7.00. The highest BCUT2D eigenvalue weighted by atomic mass is 35.5. The molecule has 0 radical (unpaired) electrons. The third-order valence-electron chi connectivity index (χ3n) is 2.50. The minimum Gasteiger partial charge on any atom is -0.324 e. The van der Waals surface area contributed by atoms with E-state index in [4.69, 9.17) is 16.9 Å². The molecule has 1 aromatic carbocycles. The number of nitrogens with one attached hydrogen (secondary N) is 2. The molecule has 0 aliphatic carbocycles. The lowest BCUT2D eigenvalue weighted by Crippen LogP contribution is -2.30. The molecule has 2 N–H and O–H groups in total. The number of rotatable bonds is 5. The van der Waals surface area contributed by atoms with Gasteiger partial charge in [-0.2, -0.15) is 5.26 Å². The molecule has 1 amide bonds. The maximum absolute atomic E-state index is 11.9. The van der Waals surface area contributed by atoms with Gasteiger partial charge >= 0.3 is 0 Å². The lowest BCUT2D eigenvalue weighted by Gasteiger charge is -2.13. The van der Waals surface area contributed by atoms with Crippen molar-refractivity contribution in [1.82, 2.24) is 5.32 Å². The van der Waals surface area contributed by atoms with Crippen LogP contribution in [0.4, 0.5) is 5.69 Å². The second-order valence-corrected chi connectivity index (χ2v) is 4.41. The first kappa shape index (κ1) is 14.5. The zero-order valence-corrected chi connectivity index (χ0v) is 11.2. The average molecular weight is 266 g/mol. The van der Waals surface area contributed by atoms with E-state index in [1.54, 1.807) is 12.1 Å². The van der Waals surface area contributed by atoms with Crippen LogP contribution in [-0.4, -0.2) is 19.0 Å². The van der Waals surface area contributed by atoms with Crippen molar-refractivity contribution in [1.29, 1.82) is 5.26 Å². The topological polar surface area (TPSA) is 64.9 Å². The maximum atomic E-state index is 11.9. The fraction of sp³-hybridized carbons (Fsp3) is 0.385. The van der Waals surface area contributed by atoms with Crippen LogP contribution in [0.25, 0.3) is 0 Å². The normalized spacial score (nSPS) is 11.7. The van der Waals surface area contributed by atoms with Crippen LogP contribution < -0.4 is 10.6 Å². The monoisotopic (exact) mass is 265 g/mol. The molecule has 0 fully saturated rings. The first-order valence-corrected chi connectivity index (χ1v) is 6.17. The molecule has 18 heavy (non-hydrogen) atoms. The second-order valence-electron chi connectivity index (χ2n) is 4.00. The van der Waals surface area contributed by atoms with Crippen molar-refractivity contribution in [2.24, 2.45) is 5.92 Å². The molecule has 0 saturated heterocycles. The van der Waals surface area contributed by atoms with Crippen molar-refractivity contribution in [2.75, 3.05) is 18.4 Å². The molecule has 0 heterocycles. The van der Waals surface area contributed by atoms with Gasteiger partial charge in [0.2, 0.25) is 5.91 Å². The van der Waals surface area contributed by atoms with E-state index >= 15 is 0 Å². The fourth-order valence-electron chi connectivity index (χ4n) is 1.40. The number of anilines is 1. The van der Waals surface area contributed by atoms with Gasteiger partial charge in [0.1, 0.15) is 0 Å². The van der Waals surface area contributed by atoms with Gasteiger partial charge in [0, 0.05) is 12.5 Å². The molecular weight excluding hydrogens is 250 g/mol. The van der Waals surface area contributed by atoms with E-state index in [9.17, 15) is 4.79 Å². The summed E-state index contributed by atoms with van der Waals surface area (Å²) < 4.78 is 0. The number of carbonyl (C=O) groups excluding carboxylic acids is 1. The summed E-state index contributed by atoms with van der Waals surface area (Å²) >= 11 is 5.98. The summed E-state index contributed by atoms with van der Waals surface area (Å²) in [6.45, 7) is 5.28. The quantitative estimate of drug-likeness (QED) is 0.859. The van der Waals surface area contributed by atoms with Crippen molar-refractivity contribution in [3.63, 3.8) is 0 Å². The van der Waals surface area contributed by atoms with Crippen LogP contribution in [0.5, 0.6) is 0 Å². The van der Waals surface area contributed by atoms with Gasteiger partial charge in [0.15, 0.2) is 0 Å². The molecule has 5 heteroatoms. The molecule has 0 aliphatic heterocycles. The molecule has 4 nitrogen and oxygen atoms in total. The van der Waals surface area contributed by atoms with E-state index in [0.29, 0.717) is 22.8 Å². The number of amides is 1. The molecule has 1 atom stereocenters. The van der Waals surface area contributed by atoms with E-state index in [2.05, 4.69) is 10.6 Å². The van der Waals surface area contributed by atoms with Crippen molar-refractivity contribution < 1.29 is 4.79 Å². The molecule has 0 bridgehead atoms. The highest BCUT2D eigenvalue weighted by molar-refractivity contribution is 6.33. The Kier molecular flexibility index (Phi) is 5.63. The Hall–Kier alpha value is -1.57. The standard InChI is InChI=1S/C13H16ClN3O/c1-3-16-8-9(2)13(18)17-12-5-4-10(7-15)6-11(12)14/h4-6,9,16H,3,8H2,1-2H3,(H,17,18). The molecule has 1 rings (SSSR count). The smallest absolute Gasteiger partial charge is 0.228 e. The van der Waals surface area contributed by atoms with Crippen LogP contribution in [0, 0.1) is 17.2 Å². The minimum absolute atomic E-state index is 0.0949. The number of nitriles is 1. The predicted octanol–water partition coefficient (Wildman–Crippen LogP) is 2.40. The summed E-state index contributed by atoms with van der Waals surface area (Å²) in [4.78, 5) is 11.9. The average Bonchev–Trinajstić information content (AvgIpc) is 2.38. The molecular formula is C13H16ClN3O. The van der Waals surface area contributed by atoms with Gasteiger partial charge in [0.25, 0.3) is 0 Å². The van der Waals surface area contributed by atoms with E-state index in [1.807, 2.05) is 19.9 Å². The zero-order chi connectivity index (χ0) is 13.5. The summed E-state index contributed by atoms with van der Waals surface area (Å²) in [6.07, 6.45) is 0. The third kappa shape index (κ3) is 4.02. The molecule has 0 spiro atoms. The SMILES string of the molecule is CCNCC(C)C(=O)Nc1ccc(C#N)cc1Cl. The Morgan fingerprint density at radius 3 is 2.83 bits per heavy atom. The summed E-state index contributed by atoms with van der Waals surface area (Å²) in [5, 5.41) is 14.9.